The Morgan fingerprint density at radius 3 is 2.44 bits per heavy atom. The maximum absolute atomic E-state index is 12.7. The summed E-state index contributed by atoms with van der Waals surface area (Å²) in [6.07, 6.45) is 1.63. The molecule has 1 amide bonds. The quantitative estimate of drug-likeness (QED) is 0.374. The first-order chi connectivity index (χ1) is 13.0. The van der Waals surface area contributed by atoms with Crippen molar-refractivity contribution in [3.05, 3.63) is 64.3 Å². The van der Waals surface area contributed by atoms with Crippen molar-refractivity contribution in [2.24, 2.45) is 0 Å². The first-order valence-corrected chi connectivity index (χ1v) is 9.04. The van der Waals surface area contributed by atoms with E-state index in [1.54, 1.807) is 43.6 Å². The Hall–Kier alpha value is -2.61. The van der Waals surface area contributed by atoms with Crippen LogP contribution in [-0.2, 0) is 0 Å². The van der Waals surface area contributed by atoms with Crippen molar-refractivity contribution < 1.29 is 4.79 Å². The van der Waals surface area contributed by atoms with Crippen LogP contribution in [0, 0.1) is 0 Å². The Kier molecular flexibility index (Phi) is 5.95. The number of fused-ring (bicyclic) bond motifs is 1. The lowest BCUT2D eigenvalue weighted by atomic mass is 10.1. The van der Waals surface area contributed by atoms with Gasteiger partial charge in [0.1, 0.15) is 0 Å². The third-order valence-electron chi connectivity index (χ3n) is 3.75. The molecule has 0 aliphatic rings. The van der Waals surface area contributed by atoms with Gasteiger partial charge in [0.15, 0.2) is 5.11 Å². The van der Waals surface area contributed by atoms with Gasteiger partial charge >= 0.3 is 0 Å². The Labute approximate surface area is 171 Å². The Bertz CT molecular complexity index is 1010. The summed E-state index contributed by atoms with van der Waals surface area (Å²) in [5.74, 6) is -0.409. The monoisotopic (exact) mass is 419 g/mol. The number of rotatable bonds is 4. The molecule has 0 bridgehead atoms. The van der Waals surface area contributed by atoms with Gasteiger partial charge in [-0.15, -0.1) is 0 Å². The highest BCUT2D eigenvalue weighted by Crippen LogP contribution is 2.29. The van der Waals surface area contributed by atoms with Crippen LogP contribution in [0.5, 0.6) is 0 Å². The number of halogens is 2. The molecular weight excluding hydrogens is 405 g/mol. The second-order valence-electron chi connectivity index (χ2n) is 5.44. The van der Waals surface area contributed by atoms with Gasteiger partial charge in [-0.2, -0.15) is 0 Å². The molecule has 0 saturated heterocycles. The predicted octanol–water partition coefficient (Wildman–Crippen LogP) is 4.21. The van der Waals surface area contributed by atoms with E-state index in [9.17, 15) is 4.79 Å². The van der Waals surface area contributed by atoms with Gasteiger partial charge in [-0.3, -0.25) is 20.6 Å². The van der Waals surface area contributed by atoms with E-state index in [0.717, 1.165) is 11.1 Å². The molecule has 0 spiro atoms. The molecule has 3 rings (SSSR count). The van der Waals surface area contributed by atoms with Gasteiger partial charge in [0.25, 0.3) is 5.91 Å². The topological polar surface area (TPSA) is 78.1 Å². The van der Waals surface area contributed by atoms with Gasteiger partial charge in [0.2, 0.25) is 0 Å². The first kappa shape index (κ1) is 19.2. The number of carbonyl (C=O) groups excluding carboxylic acids is 1. The SMILES string of the molecule is CNC(=S)NNc1ccnc2c(NC(=O)c3c(Cl)cccc3Cl)cccc12. The Morgan fingerprint density at radius 2 is 1.74 bits per heavy atom. The van der Waals surface area contributed by atoms with Crippen LogP contribution in [0.2, 0.25) is 10.0 Å². The van der Waals surface area contributed by atoms with Crippen LogP contribution >= 0.6 is 35.4 Å². The number of nitrogens with zero attached hydrogens (tertiary/aromatic N) is 1. The largest absolute Gasteiger partial charge is 0.364 e. The molecule has 2 aromatic carbocycles. The smallest absolute Gasteiger partial charge is 0.258 e. The highest BCUT2D eigenvalue weighted by Gasteiger charge is 2.16. The standard InChI is InChI=1S/C18H15Cl2N5OS/c1-21-18(27)25-24-13-8-9-22-16-10(13)4-2-7-14(16)23-17(26)15-11(19)5-3-6-12(15)20/h2-9H,1H3,(H,22,24)(H,23,26)(H2,21,25,27). The number of anilines is 2. The normalized spacial score (nSPS) is 10.3. The van der Waals surface area contributed by atoms with Gasteiger partial charge in [-0.05, 0) is 36.5 Å². The number of hydrogen-bond acceptors (Lipinski definition) is 4. The summed E-state index contributed by atoms with van der Waals surface area (Å²) >= 11 is 17.3. The Morgan fingerprint density at radius 1 is 1.04 bits per heavy atom. The molecule has 27 heavy (non-hydrogen) atoms. The zero-order valence-corrected chi connectivity index (χ0v) is 16.5. The Balaban J connectivity index is 1.94. The molecule has 4 N–H and O–H groups in total. The van der Waals surface area contributed by atoms with Crippen molar-refractivity contribution in [3.8, 4) is 0 Å². The summed E-state index contributed by atoms with van der Waals surface area (Å²) in [6.45, 7) is 0. The minimum absolute atomic E-state index is 0.216. The van der Waals surface area contributed by atoms with Crippen LogP contribution in [0.4, 0.5) is 11.4 Å². The highest BCUT2D eigenvalue weighted by molar-refractivity contribution is 7.80. The van der Waals surface area contributed by atoms with E-state index in [4.69, 9.17) is 35.4 Å². The highest BCUT2D eigenvalue weighted by atomic mass is 35.5. The molecule has 0 fully saturated rings. The van der Waals surface area contributed by atoms with Crippen LogP contribution in [0.1, 0.15) is 10.4 Å². The summed E-state index contributed by atoms with van der Waals surface area (Å²) in [6, 6.07) is 12.2. The van der Waals surface area contributed by atoms with Crippen molar-refractivity contribution in [2.75, 3.05) is 17.8 Å². The van der Waals surface area contributed by atoms with E-state index in [1.807, 2.05) is 12.1 Å². The third kappa shape index (κ3) is 4.21. The maximum atomic E-state index is 12.7. The fourth-order valence-electron chi connectivity index (χ4n) is 2.47. The molecule has 0 aliphatic carbocycles. The predicted molar refractivity (Wildman–Crippen MR) is 115 cm³/mol. The van der Waals surface area contributed by atoms with E-state index in [1.165, 1.54) is 0 Å². The fourth-order valence-corrected chi connectivity index (χ4v) is 3.09. The van der Waals surface area contributed by atoms with Crippen LogP contribution < -0.4 is 21.5 Å². The van der Waals surface area contributed by atoms with E-state index < -0.39 is 5.91 Å². The number of para-hydroxylation sites is 1. The molecule has 0 unspecified atom stereocenters. The fraction of sp³-hybridized carbons (Fsp3) is 0.0556. The lowest BCUT2D eigenvalue weighted by molar-refractivity contribution is 0.102. The van der Waals surface area contributed by atoms with Gasteiger partial charge < -0.3 is 10.6 Å². The summed E-state index contributed by atoms with van der Waals surface area (Å²) in [4.78, 5) is 17.1. The number of hydrazine groups is 1. The van der Waals surface area contributed by atoms with Crippen LogP contribution in [-0.4, -0.2) is 23.1 Å². The molecular formula is C18H15Cl2N5OS. The average molecular weight is 420 g/mol. The third-order valence-corrected chi connectivity index (χ3v) is 4.68. The van der Waals surface area contributed by atoms with Crippen molar-refractivity contribution in [1.29, 1.82) is 0 Å². The second-order valence-corrected chi connectivity index (χ2v) is 6.66. The summed E-state index contributed by atoms with van der Waals surface area (Å²) in [5.41, 5.74) is 8.00. The number of amides is 1. The van der Waals surface area contributed by atoms with Crippen molar-refractivity contribution >= 4 is 68.7 Å². The number of aromatic nitrogens is 1. The molecule has 6 nitrogen and oxygen atoms in total. The average Bonchev–Trinajstić information content (AvgIpc) is 2.66. The number of carbonyl (C=O) groups is 1. The first-order valence-electron chi connectivity index (χ1n) is 7.88. The molecule has 0 aliphatic heterocycles. The number of pyridine rings is 1. The minimum atomic E-state index is -0.409. The van der Waals surface area contributed by atoms with E-state index in [-0.39, 0.29) is 15.6 Å². The lowest BCUT2D eigenvalue weighted by Gasteiger charge is -2.14. The molecule has 3 aromatic rings. The van der Waals surface area contributed by atoms with Gasteiger partial charge in [-0.25, -0.2) is 0 Å². The van der Waals surface area contributed by atoms with Crippen LogP contribution in [0.15, 0.2) is 48.7 Å². The summed E-state index contributed by atoms with van der Waals surface area (Å²) in [7, 11) is 1.72. The van der Waals surface area contributed by atoms with Crippen molar-refractivity contribution in [3.63, 3.8) is 0 Å². The number of thiocarbonyl (C=S) groups is 1. The summed E-state index contributed by atoms with van der Waals surface area (Å²) in [5, 5.41) is 7.44. The molecule has 0 atom stereocenters. The van der Waals surface area contributed by atoms with Gasteiger partial charge in [0.05, 0.1) is 32.5 Å². The summed E-state index contributed by atoms with van der Waals surface area (Å²) < 4.78 is 0. The number of nitrogens with one attached hydrogen (secondary N) is 4. The van der Waals surface area contributed by atoms with E-state index in [0.29, 0.717) is 16.3 Å². The molecule has 9 heteroatoms. The molecule has 1 heterocycles. The second kappa shape index (κ2) is 8.39. The minimum Gasteiger partial charge on any atom is -0.364 e. The zero-order chi connectivity index (χ0) is 19.4. The maximum Gasteiger partial charge on any atom is 0.258 e. The number of benzene rings is 2. The van der Waals surface area contributed by atoms with E-state index >= 15 is 0 Å². The molecule has 0 saturated carbocycles. The van der Waals surface area contributed by atoms with Crippen molar-refractivity contribution in [2.45, 2.75) is 0 Å². The lowest BCUT2D eigenvalue weighted by Crippen LogP contribution is -2.36. The number of hydrogen-bond donors (Lipinski definition) is 4. The van der Waals surface area contributed by atoms with Gasteiger partial charge in [0, 0.05) is 18.6 Å². The van der Waals surface area contributed by atoms with E-state index in [2.05, 4.69) is 26.5 Å². The van der Waals surface area contributed by atoms with Crippen molar-refractivity contribution in [1.82, 2.24) is 15.7 Å². The molecule has 138 valence electrons. The van der Waals surface area contributed by atoms with Crippen LogP contribution in [0.3, 0.4) is 0 Å². The van der Waals surface area contributed by atoms with Gasteiger partial charge in [-0.1, -0.05) is 41.4 Å². The van der Waals surface area contributed by atoms with Crippen LogP contribution in [0.25, 0.3) is 10.9 Å². The zero-order valence-electron chi connectivity index (χ0n) is 14.1. The molecule has 1 aromatic heterocycles. The molecule has 0 radical (unpaired) electrons.